The van der Waals surface area contributed by atoms with Gasteiger partial charge in [-0.15, -0.1) is 0 Å². The van der Waals surface area contributed by atoms with Crippen LogP contribution in [0.3, 0.4) is 0 Å². The standard InChI is InChI=1S/C16H15BrClF2N/c1-2-21-16(11-4-6-13(17)14(18)7-11)8-10-3-5-12(19)9-15(10)20/h3-7,9,16,21H,2,8H2,1H3. The first kappa shape index (κ1) is 16.4. The molecular formula is C16H15BrClF2N. The van der Waals surface area contributed by atoms with Gasteiger partial charge < -0.3 is 5.32 Å². The van der Waals surface area contributed by atoms with Gasteiger partial charge in [-0.25, -0.2) is 8.78 Å². The summed E-state index contributed by atoms with van der Waals surface area (Å²) in [6.07, 6.45) is 0.428. The molecule has 0 bridgehead atoms. The summed E-state index contributed by atoms with van der Waals surface area (Å²) in [7, 11) is 0. The molecule has 1 nitrogen and oxygen atoms in total. The zero-order chi connectivity index (χ0) is 15.4. The summed E-state index contributed by atoms with van der Waals surface area (Å²) in [5, 5.41) is 3.91. The molecule has 0 aliphatic carbocycles. The summed E-state index contributed by atoms with van der Waals surface area (Å²) >= 11 is 9.46. The molecule has 2 aromatic carbocycles. The highest BCUT2D eigenvalue weighted by Gasteiger charge is 2.15. The zero-order valence-corrected chi connectivity index (χ0v) is 13.8. The maximum atomic E-state index is 13.8. The summed E-state index contributed by atoms with van der Waals surface area (Å²) in [6.45, 7) is 2.72. The highest BCUT2D eigenvalue weighted by Crippen LogP contribution is 2.28. The molecule has 21 heavy (non-hydrogen) atoms. The van der Waals surface area contributed by atoms with Crippen LogP contribution < -0.4 is 5.32 Å². The van der Waals surface area contributed by atoms with Gasteiger partial charge in [0.1, 0.15) is 11.6 Å². The highest BCUT2D eigenvalue weighted by molar-refractivity contribution is 9.10. The maximum absolute atomic E-state index is 13.8. The monoisotopic (exact) mass is 373 g/mol. The van der Waals surface area contributed by atoms with Crippen molar-refractivity contribution in [1.29, 1.82) is 0 Å². The fraction of sp³-hybridized carbons (Fsp3) is 0.250. The van der Waals surface area contributed by atoms with Gasteiger partial charge >= 0.3 is 0 Å². The molecule has 1 atom stereocenters. The number of benzene rings is 2. The Morgan fingerprint density at radius 3 is 2.57 bits per heavy atom. The van der Waals surface area contributed by atoms with E-state index in [4.69, 9.17) is 11.6 Å². The van der Waals surface area contributed by atoms with Crippen molar-refractivity contribution in [1.82, 2.24) is 5.32 Å². The van der Waals surface area contributed by atoms with Crippen molar-refractivity contribution in [2.24, 2.45) is 0 Å². The minimum absolute atomic E-state index is 0.0828. The first-order valence-corrected chi connectivity index (χ1v) is 7.80. The lowest BCUT2D eigenvalue weighted by Gasteiger charge is -2.19. The van der Waals surface area contributed by atoms with E-state index in [0.29, 0.717) is 17.0 Å². The molecule has 0 saturated carbocycles. The summed E-state index contributed by atoms with van der Waals surface area (Å²) in [5.41, 5.74) is 1.44. The van der Waals surface area contributed by atoms with Crippen LogP contribution in [0.5, 0.6) is 0 Å². The molecule has 0 aromatic heterocycles. The van der Waals surface area contributed by atoms with Crippen LogP contribution in [-0.2, 0) is 6.42 Å². The molecule has 0 fully saturated rings. The molecule has 0 heterocycles. The van der Waals surface area contributed by atoms with E-state index < -0.39 is 11.6 Å². The Bertz CT molecular complexity index is 634. The molecule has 0 aliphatic rings. The van der Waals surface area contributed by atoms with Crippen LogP contribution in [-0.4, -0.2) is 6.54 Å². The van der Waals surface area contributed by atoms with Crippen molar-refractivity contribution >= 4 is 27.5 Å². The lowest BCUT2D eigenvalue weighted by Crippen LogP contribution is -2.23. The summed E-state index contributed by atoms with van der Waals surface area (Å²) in [6, 6.07) is 9.23. The predicted molar refractivity (Wildman–Crippen MR) is 85.6 cm³/mol. The van der Waals surface area contributed by atoms with Crippen LogP contribution in [0.4, 0.5) is 8.78 Å². The van der Waals surface area contributed by atoms with Crippen LogP contribution in [0.1, 0.15) is 24.1 Å². The molecule has 0 saturated heterocycles. The molecule has 0 aliphatic heterocycles. The SMILES string of the molecule is CCNC(Cc1ccc(F)cc1F)c1ccc(Br)c(Cl)c1. The predicted octanol–water partition coefficient (Wildman–Crippen LogP) is 5.27. The lowest BCUT2D eigenvalue weighted by molar-refractivity contribution is 0.521. The van der Waals surface area contributed by atoms with Crippen LogP contribution in [0.15, 0.2) is 40.9 Å². The van der Waals surface area contributed by atoms with Gasteiger partial charge in [0.05, 0.1) is 5.02 Å². The summed E-state index contributed by atoms with van der Waals surface area (Å²) in [4.78, 5) is 0. The Morgan fingerprint density at radius 1 is 1.19 bits per heavy atom. The number of hydrogen-bond donors (Lipinski definition) is 1. The lowest BCUT2D eigenvalue weighted by atomic mass is 9.98. The molecule has 112 valence electrons. The number of halogens is 4. The fourth-order valence-corrected chi connectivity index (χ4v) is 2.63. The van der Waals surface area contributed by atoms with Crippen molar-refractivity contribution in [3.05, 3.63) is 68.7 Å². The van der Waals surface area contributed by atoms with Crippen molar-refractivity contribution in [2.75, 3.05) is 6.54 Å². The minimum Gasteiger partial charge on any atom is -0.310 e. The van der Waals surface area contributed by atoms with Gasteiger partial charge in [0.25, 0.3) is 0 Å². The van der Waals surface area contributed by atoms with Gasteiger partial charge in [-0.05, 0) is 58.2 Å². The molecule has 1 unspecified atom stereocenters. The van der Waals surface area contributed by atoms with Crippen LogP contribution in [0.2, 0.25) is 5.02 Å². The smallest absolute Gasteiger partial charge is 0.129 e. The third-order valence-electron chi connectivity index (χ3n) is 3.24. The molecule has 0 radical (unpaired) electrons. The first-order chi connectivity index (χ1) is 10.0. The van der Waals surface area contributed by atoms with E-state index in [9.17, 15) is 8.78 Å². The van der Waals surface area contributed by atoms with E-state index in [1.165, 1.54) is 12.1 Å². The number of rotatable bonds is 5. The Morgan fingerprint density at radius 2 is 1.95 bits per heavy atom. The van der Waals surface area contributed by atoms with Gasteiger partial charge in [0.15, 0.2) is 0 Å². The third-order valence-corrected chi connectivity index (χ3v) is 4.47. The van der Waals surface area contributed by atoms with Crippen LogP contribution in [0, 0.1) is 11.6 Å². The average molecular weight is 375 g/mol. The molecule has 0 spiro atoms. The Labute approximate surface area is 136 Å². The zero-order valence-electron chi connectivity index (χ0n) is 11.5. The molecule has 0 amide bonds. The number of likely N-dealkylation sites (N-methyl/N-ethyl adjacent to an activating group) is 1. The van der Waals surface area contributed by atoms with Crippen molar-refractivity contribution in [3.63, 3.8) is 0 Å². The largest absolute Gasteiger partial charge is 0.310 e. The van der Waals surface area contributed by atoms with Crippen molar-refractivity contribution < 1.29 is 8.78 Å². The quantitative estimate of drug-likeness (QED) is 0.751. The minimum atomic E-state index is -0.567. The highest BCUT2D eigenvalue weighted by atomic mass is 79.9. The van der Waals surface area contributed by atoms with Gasteiger partial charge in [-0.1, -0.05) is 30.7 Å². The Kier molecular flexibility index (Phi) is 5.73. The molecule has 1 N–H and O–H groups in total. The second kappa shape index (κ2) is 7.34. The van der Waals surface area contributed by atoms with Gasteiger partial charge in [-0.3, -0.25) is 0 Å². The van der Waals surface area contributed by atoms with Gasteiger partial charge in [-0.2, -0.15) is 0 Å². The molecule has 2 rings (SSSR count). The van der Waals surface area contributed by atoms with Crippen molar-refractivity contribution in [3.8, 4) is 0 Å². The topological polar surface area (TPSA) is 12.0 Å². The summed E-state index contributed by atoms with van der Waals surface area (Å²) < 4.78 is 27.6. The van der Waals surface area contributed by atoms with E-state index in [1.807, 2.05) is 25.1 Å². The second-order valence-corrected chi connectivity index (χ2v) is 5.99. The van der Waals surface area contributed by atoms with E-state index >= 15 is 0 Å². The number of hydrogen-bond acceptors (Lipinski definition) is 1. The Hall–Kier alpha value is -0.970. The second-order valence-electron chi connectivity index (χ2n) is 4.72. The molecular weight excluding hydrogens is 360 g/mol. The van der Waals surface area contributed by atoms with E-state index in [2.05, 4.69) is 21.2 Å². The number of nitrogens with one attached hydrogen (secondary N) is 1. The average Bonchev–Trinajstić information content (AvgIpc) is 2.44. The Balaban J connectivity index is 2.28. The van der Waals surface area contributed by atoms with Crippen molar-refractivity contribution in [2.45, 2.75) is 19.4 Å². The third kappa shape index (κ3) is 4.25. The van der Waals surface area contributed by atoms with Crippen LogP contribution in [0.25, 0.3) is 0 Å². The molecule has 2 aromatic rings. The van der Waals surface area contributed by atoms with Crippen LogP contribution >= 0.6 is 27.5 Å². The fourth-order valence-electron chi connectivity index (χ4n) is 2.19. The normalized spacial score (nSPS) is 12.4. The maximum Gasteiger partial charge on any atom is 0.129 e. The van der Waals surface area contributed by atoms with E-state index in [0.717, 1.165) is 22.6 Å². The van der Waals surface area contributed by atoms with Gasteiger partial charge in [0.2, 0.25) is 0 Å². The first-order valence-electron chi connectivity index (χ1n) is 6.63. The van der Waals surface area contributed by atoms with Gasteiger partial charge in [0, 0.05) is 16.6 Å². The molecule has 5 heteroatoms. The van der Waals surface area contributed by atoms with E-state index in [1.54, 1.807) is 0 Å². The van der Waals surface area contributed by atoms with E-state index in [-0.39, 0.29) is 6.04 Å². The summed E-state index contributed by atoms with van der Waals surface area (Å²) in [5.74, 6) is -1.09.